The van der Waals surface area contributed by atoms with Crippen LogP contribution in [0.5, 0.6) is 5.75 Å². The fourth-order valence-corrected chi connectivity index (χ4v) is 2.34. The number of nitrogens with one attached hydrogen (secondary N) is 1. The molecule has 4 nitrogen and oxygen atoms in total. The molecule has 1 atom stereocenters. The highest BCUT2D eigenvalue weighted by atomic mass is 16.5. The molecule has 1 aromatic carbocycles. The maximum atomic E-state index is 11.9. The molecule has 0 aliphatic heterocycles. The molecule has 1 saturated carbocycles. The van der Waals surface area contributed by atoms with Crippen LogP contribution in [0.4, 0.5) is 0 Å². The largest absolute Gasteiger partial charge is 0.496 e. The summed E-state index contributed by atoms with van der Waals surface area (Å²) in [5.74, 6) is 1.03. The van der Waals surface area contributed by atoms with E-state index in [4.69, 9.17) is 10.00 Å². The molecular weight excluding hydrogens is 252 g/mol. The molecule has 4 heteroatoms. The molecule has 0 saturated heterocycles. The SMILES string of the molecule is COc1ccccc1CC(C)CC(=O)NC1(C#N)CC1. The molecule has 0 aromatic heterocycles. The number of amides is 1. The maximum absolute atomic E-state index is 11.9. The summed E-state index contributed by atoms with van der Waals surface area (Å²) in [5, 5.41) is 11.8. The third-order valence-corrected chi connectivity index (χ3v) is 3.64. The van der Waals surface area contributed by atoms with Crippen LogP contribution in [0.3, 0.4) is 0 Å². The van der Waals surface area contributed by atoms with Crippen molar-refractivity contribution >= 4 is 5.91 Å². The fraction of sp³-hybridized carbons (Fsp3) is 0.500. The first-order valence-corrected chi connectivity index (χ1v) is 6.93. The van der Waals surface area contributed by atoms with E-state index in [2.05, 4.69) is 11.4 Å². The van der Waals surface area contributed by atoms with E-state index in [0.717, 1.165) is 30.6 Å². The maximum Gasteiger partial charge on any atom is 0.221 e. The molecule has 1 aromatic rings. The Balaban J connectivity index is 1.87. The Morgan fingerprint density at radius 3 is 2.80 bits per heavy atom. The zero-order valence-corrected chi connectivity index (χ0v) is 12.0. The fourth-order valence-electron chi connectivity index (χ4n) is 2.34. The Morgan fingerprint density at radius 2 is 2.20 bits per heavy atom. The van der Waals surface area contributed by atoms with Crippen molar-refractivity contribution in [2.45, 2.75) is 38.1 Å². The van der Waals surface area contributed by atoms with Crippen molar-refractivity contribution in [1.82, 2.24) is 5.32 Å². The van der Waals surface area contributed by atoms with Crippen molar-refractivity contribution < 1.29 is 9.53 Å². The van der Waals surface area contributed by atoms with Crippen molar-refractivity contribution in [3.63, 3.8) is 0 Å². The van der Waals surface area contributed by atoms with Crippen LogP contribution in [0.1, 0.15) is 31.7 Å². The highest BCUT2D eigenvalue weighted by Crippen LogP contribution is 2.34. The summed E-state index contributed by atoms with van der Waals surface area (Å²) < 4.78 is 5.32. The van der Waals surface area contributed by atoms with Crippen LogP contribution in [0.2, 0.25) is 0 Å². The Bertz CT molecular complexity index is 530. The van der Waals surface area contributed by atoms with E-state index in [1.165, 1.54) is 0 Å². The van der Waals surface area contributed by atoms with E-state index in [9.17, 15) is 4.79 Å². The molecule has 1 unspecified atom stereocenters. The first-order chi connectivity index (χ1) is 9.58. The van der Waals surface area contributed by atoms with Gasteiger partial charge in [0.1, 0.15) is 11.3 Å². The molecule has 0 bridgehead atoms. The van der Waals surface area contributed by atoms with Gasteiger partial charge in [-0.25, -0.2) is 0 Å². The van der Waals surface area contributed by atoms with Gasteiger partial charge in [-0.15, -0.1) is 0 Å². The smallest absolute Gasteiger partial charge is 0.221 e. The van der Waals surface area contributed by atoms with Gasteiger partial charge in [0, 0.05) is 6.42 Å². The quantitative estimate of drug-likeness (QED) is 0.865. The Labute approximate surface area is 119 Å². The lowest BCUT2D eigenvalue weighted by atomic mass is 9.97. The number of benzene rings is 1. The summed E-state index contributed by atoms with van der Waals surface area (Å²) in [6.45, 7) is 2.04. The van der Waals surface area contributed by atoms with Crippen LogP contribution in [0.25, 0.3) is 0 Å². The van der Waals surface area contributed by atoms with Crippen LogP contribution in [-0.2, 0) is 11.2 Å². The summed E-state index contributed by atoms with van der Waals surface area (Å²) >= 11 is 0. The number of methoxy groups -OCH3 is 1. The number of nitrogens with zero attached hydrogens (tertiary/aromatic N) is 1. The van der Waals surface area contributed by atoms with Crippen molar-refractivity contribution in [2.24, 2.45) is 5.92 Å². The third kappa shape index (κ3) is 3.51. The molecule has 1 fully saturated rings. The number of carbonyl (C=O) groups excluding carboxylic acids is 1. The summed E-state index contributed by atoms with van der Waals surface area (Å²) in [6.07, 6.45) is 2.77. The van der Waals surface area contributed by atoms with E-state index >= 15 is 0 Å². The minimum Gasteiger partial charge on any atom is -0.496 e. The van der Waals surface area contributed by atoms with Crippen molar-refractivity contribution in [2.75, 3.05) is 7.11 Å². The number of hydrogen-bond acceptors (Lipinski definition) is 3. The molecule has 1 amide bonds. The zero-order chi connectivity index (χ0) is 14.6. The van der Waals surface area contributed by atoms with Gasteiger partial charge in [0.2, 0.25) is 5.91 Å². The second-order valence-corrected chi connectivity index (χ2v) is 5.57. The average Bonchev–Trinajstić information content (AvgIpc) is 3.19. The molecule has 20 heavy (non-hydrogen) atoms. The number of ether oxygens (including phenoxy) is 1. The monoisotopic (exact) mass is 272 g/mol. The minimum absolute atomic E-state index is 0.0357. The first kappa shape index (κ1) is 14.4. The minimum atomic E-state index is -0.568. The van der Waals surface area contributed by atoms with Gasteiger partial charge in [-0.05, 0) is 36.8 Å². The highest BCUT2D eigenvalue weighted by Gasteiger charge is 2.44. The van der Waals surface area contributed by atoms with Crippen molar-refractivity contribution in [1.29, 1.82) is 5.26 Å². The number of hydrogen-bond donors (Lipinski definition) is 1. The normalized spacial score (nSPS) is 16.9. The summed E-state index contributed by atoms with van der Waals surface area (Å²) in [5.41, 5.74) is 0.540. The van der Waals surface area contributed by atoms with Gasteiger partial charge in [0.05, 0.1) is 13.2 Å². The van der Waals surface area contributed by atoms with Crippen LogP contribution in [-0.4, -0.2) is 18.6 Å². The lowest BCUT2D eigenvalue weighted by Gasteiger charge is -2.15. The molecule has 2 rings (SSSR count). The van der Waals surface area contributed by atoms with Crippen LogP contribution in [0.15, 0.2) is 24.3 Å². The summed E-state index contributed by atoms with van der Waals surface area (Å²) in [6, 6.07) is 10.0. The Hall–Kier alpha value is -2.02. The van der Waals surface area contributed by atoms with Gasteiger partial charge < -0.3 is 10.1 Å². The van der Waals surface area contributed by atoms with Crippen molar-refractivity contribution in [3.8, 4) is 11.8 Å². The van der Waals surface area contributed by atoms with E-state index in [-0.39, 0.29) is 11.8 Å². The Morgan fingerprint density at radius 1 is 1.50 bits per heavy atom. The molecular formula is C16H20N2O2. The van der Waals surface area contributed by atoms with Crippen LogP contribution in [0, 0.1) is 17.2 Å². The molecule has 0 heterocycles. The Kier molecular flexibility index (Phi) is 4.29. The van der Waals surface area contributed by atoms with E-state index in [0.29, 0.717) is 6.42 Å². The van der Waals surface area contributed by atoms with E-state index < -0.39 is 5.54 Å². The molecule has 1 aliphatic rings. The summed E-state index contributed by atoms with van der Waals surface area (Å²) in [4.78, 5) is 11.9. The van der Waals surface area contributed by atoms with E-state index in [1.807, 2.05) is 31.2 Å². The first-order valence-electron chi connectivity index (χ1n) is 6.93. The molecule has 0 spiro atoms. The molecule has 0 radical (unpaired) electrons. The van der Waals surface area contributed by atoms with Gasteiger partial charge >= 0.3 is 0 Å². The molecule has 1 N–H and O–H groups in total. The topological polar surface area (TPSA) is 62.1 Å². The van der Waals surface area contributed by atoms with Crippen LogP contribution < -0.4 is 10.1 Å². The molecule has 106 valence electrons. The highest BCUT2D eigenvalue weighted by molar-refractivity contribution is 5.78. The lowest BCUT2D eigenvalue weighted by Crippen LogP contribution is -2.36. The van der Waals surface area contributed by atoms with Crippen molar-refractivity contribution in [3.05, 3.63) is 29.8 Å². The second kappa shape index (κ2) is 5.96. The zero-order valence-electron chi connectivity index (χ0n) is 12.0. The van der Waals surface area contributed by atoms with Gasteiger partial charge in [0.25, 0.3) is 0 Å². The van der Waals surface area contributed by atoms with Gasteiger partial charge in [-0.3, -0.25) is 4.79 Å². The predicted molar refractivity (Wildman–Crippen MR) is 76.2 cm³/mol. The lowest BCUT2D eigenvalue weighted by molar-refractivity contribution is -0.122. The number of nitriles is 1. The second-order valence-electron chi connectivity index (χ2n) is 5.57. The van der Waals surface area contributed by atoms with Gasteiger partial charge in [-0.1, -0.05) is 25.1 Å². The van der Waals surface area contributed by atoms with Crippen LogP contribution >= 0.6 is 0 Å². The van der Waals surface area contributed by atoms with Gasteiger partial charge in [0.15, 0.2) is 0 Å². The molecule has 1 aliphatic carbocycles. The standard InChI is InChI=1S/C16H20N2O2/c1-12(9-13-5-3-4-6-14(13)20-2)10-15(19)18-16(11-17)7-8-16/h3-6,12H,7-10H2,1-2H3,(H,18,19). The average molecular weight is 272 g/mol. The predicted octanol–water partition coefficient (Wildman–Crippen LogP) is 2.44. The number of rotatable bonds is 6. The van der Waals surface area contributed by atoms with E-state index in [1.54, 1.807) is 7.11 Å². The number of para-hydroxylation sites is 1. The number of carbonyl (C=O) groups is 1. The van der Waals surface area contributed by atoms with Gasteiger partial charge in [-0.2, -0.15) is 5.26 Å². The summed E-state index contributed by atoms with van der Waals surface area (Å²) in [7, 11) is 1.65. The third-order valence-electron chi connectivity index (χ3n) is 3.64.